The van der Waals surface area contributed by atoms with Crippen LogP contribution in [0.2, 0.25) is 5.02 Å². The Labute approximate surface area is 214 Å². The smallest absolute Gasteiger partial charge is 0.253 e. The quantitative estimate of drug-likeness (QED) is 0.381. The SMILES string of the molecule is CCN(c1cc(Cl)cc(C(=O)NCc2c(C)cc(C)[nH]c2=O)c1C)[C@H]1CC[C@H](CCCCN)CC1. The third-order valence-corrected chi connectivity index (χ3v) is 7.70. The van der Waals surface area contributed by atoms with Crippen LogP contribution in [0.15, 0.2) is 23.0 Å². The van der Waals surface area contributed by atoms with Crippen molar-refractivity contribution in [2.45, 2.75) is 85.2 Å². The summed E-state index contributed by atoms with van der Waals surface area (Å²) in [6.45, 7) is 9.71. The third kappa shape index (κ3) is 6.89. The number of carbonyl (C=O) groups excluding carboxylic acids is 1. The van der Waals surface area contributed by atoms with E-state index in [1.54, 1.807) is 6.07 Å². The topological polar surface area (TPSA) is 91.2 Å². The van der Waals surface area contributed by atoms with E-state index in [1.807, 2.05) is 32.9 Å². The first kappa shape index (κ1) is 27.3. The zero-order valence-corrected chi connectivity index (χ0v) is 22.4. The highest BCUT2D eigenvalue weighted by Gasteiger charge is 2.27. The minimum absolute atomic E-state index is 0.165. The van der Waals surface area contributed by atoms with Gasteiger partial charge in [0, 0.05) is 46.7 Å². The number of H-pyrrole nitrogens is 1. The molecule has 1 aromatic heterocycles. The molecule has 1 heterocycles. The van der Waals surface area contributed by atoms with Gasteiger partial charge in [0.05, 0.1) is 0 Å². The summed E-state index contributed by atoms with van der Waals surface area (Å²) in [5, 5.41) is 3.48. The van der Waals surface area contributed by atoms with E-state index in [0.717, 1.165) is 60.8 Å². The van der Waals surface area contributed by atoms with Crippen molar-refractivity contribution in [1.82, 2.24) is 10.3 Å². The molecule has 0 atom stereocenters. The van der Waals surface area contributed by atoms with Crippen LogP contribution >= 0.6 is 11.6 Å². The number of pyridine rings is 1. The van der Waals surface area contributed by atoms with Gasteiger partial charge in [-0.05, 0) is 102 Å². The molecule has 3 rings (SSSR count). The number of aromatic amines is 1. The second-order valence-corrected chi connectivity index (χ2v) is 10.4. The average molecular weight is 501 g/mol. The molecule has 1 saturated carbocycles. The predicted molar refractivity (Wildman–Crippen MR) is 146 cm³/mol. The monoisotopic (exact) mass is 500 g/mol. The summed E-state index contributed by atoms with van der Waals surface area (Å²) in [5.41, 5.74) is 10.2. The van der Waals surface area contributed by atoms with Crippen molar-refractivity contribution in [2.24, 2.45) is 11.7 Å². The minimum atomic E-state index is -0.217. The van der Waals surface area contributed by atoms with Gasteiger partial charge in [0.2, 0.25) is 0 Å². The fraction of sp³-hybridized carbons (Fsp3) is 0.571. The van der Waals surface area contributed by atoms with Gasteiger partial charge in [0.15, 0.2) is 0 Å². The lowest BCUT2D eigenvalue weighted by atomic mass is 9.82. The molecule has 0 saturated heterocycles. The lowest BCUT2D eigenvalue weighted by molar-refractivity contribution is 0.0950. The number of carbonyl (C=O) groups is 1. The normalized spacial score (nSPS) is 17.9. The van der Waals surface area contributed by atoms with Crippen LogP contribution in [0.5, 0.6) is 0 Å². The van der Waals surface area contributed by atoms with Crippen molar-refractivity contribution in [3.63, 3.8) is 0 Å². The molecule has 1 aliphatic rings. The van der Waals surface area contributed by atoms with Gasteiger partial charge >= 0.3 is 0 Å². The second-order valence-electron chi connectivity index (χ2n) is 9.97. The van der Waals surface area contributed by atoms with Crippen LogP contribution in [-0.2, 0) is 6.54 Å². The number of rotatable bonds is 10. The molecule has 192 valence electrons. The summed E-state index contributed by atoms with van der Waals surface area (Å²) in [7, 11) is 0. The lowest BCUT2D eigenvalue weighted by Crippen LogP contribution is -2.39. The molecule has 0 bridgehead atoms. The van der Waals surface area contributed by atoms with Crippen molar-refractivity contribution < 1.29 is 4.79 Å². The van der Waals surface area contributed by atoms with Gasteiger partial charge in [0.1, 0.15) is 0 Å². The van der Waals surface area contributed by atoms with Crippen molar-refractivity contribution >= 4 is 23.2 Å². The summed E-state index contributed by atoms with van der Waals surface area (Å²) in [5.74, 6) is 0.581. The Hall–Kier alpha value is -2.31. The fourth-order valence-electron chi connectivity index (χ4n) is 5.51. The molecule has 6 nitrogen and oxygen atoms in total. The van der Waals surface area contributed by atoms with E-state index in [4.69, 9.17) is 17.3 Å². The van der Waals surface area contributed by atoms with E-state index >= 15 is 0 Å². The van der Waals surface area contributed by atoms with Gasteiger partial charge in [-0.3, -0.25) is 9.59 Å². The zero-order chi connectivity index (χ0) is 25.5. The first-order valence-corrected chi connectivity index (χ1v) is 13.4. The Morgan fingerprint density at radius 2 is 1.86 bits per heavy atom. The molecule has 7 heteroatoms. The van der Waals surface area contributed by atoms with E-state index in [2.05, 4.69) is 22.1 Å². The maximum atomic E-state index is 13.2. The van der Waals surface area contributed by atoms with Crippen molar-refractivity contribution in [3.05, 3.63) is 61.5 Å². The summed E-state index contributed by atoms with van der Waals surface area (Å²) in [6, 6.07) is 6.08. The molecule has 1 amide bonds. The number of nitrogens with two attached hydrogens (primary N) is 1. The van der Waals surface area contributed by atoms with Crippen LogP contribution in [0.3, 0.4) is 0 Å². The average Bonchev–Trinajstić information content (AvgIpc) is 2.81. The summed E-state index contributed by atoms with van der Waals surface area (Å²) >= 11 is 6.51. The van der Waals surface area contributed by atoms with Crippen molar-refractivity contribution in [3.8, 4) is 0 Å². The number of aromatic nitrogens is 1. The number of amides is 1. The van der Waals surface area contributed by atoms with Crippen LogP contribution in [0.4, 0.5) is 5.69 Å². The van der Waals surface area contributed by atoms with E-state index < -0.39 is 0 Å². The van der Waals surface area contributed by atoms with E-state index in [-0.39, 0.29) is 18.0 Å². The number of benzene rings is 1. The van der Waals surface area contributed by atoms with Gasteiger partial charge in [-0.15, -0.1) is 0 Å². The highest BCUT2D eigenvalue weighted by Crippen LogP contribution is 2.36. The molecule has 1 fully saturated rings. The number of hydrogen-bond acceptors (Lipinski definition) is 4. The fourth-order valence-corrected chi connectivity index (χ4v) is 5.72. The van der Waals surface area contributed by atoms with E-state index in [1.165, 1.54) is 25.7 Å². The maximum absolute atomic E-state index is 13.2. The van der Waals surface area contributed by atoms with Crippen LogP contribution in [0, 0.1) is 26.7 Å². The Bertz CT molecular complexity index is 1070. The largest absolute Gasteiger partial charge is 0.369 e. The highest BCUT2D eigenvalue weighted by atomic mass is 35.5. The number of unbranched alkanes of at least 4 members (excludes halogenated alkanes) is 1. The van der Waals surface area contributed by atoms with Crippen molar-refractivity contribution in [1.29, 1.82) is 0 Å². The lowest BCUT2D eigenvalue weighted by Gasteiger charge is -2.39. The molecule has 4 N–H and O–H groups in total. The minimum Gasteiger partial charge on any atom is -0.369 e. The number of hydrogen-bond donors (Lipinski definition) is 3. The maximum Gasteiger partial charge on any atom is 0.253 e. The molecule has 2 aromatic rings. The second kappa shape index (κ2) is 12.6. The standard InChI is InChI=1S/C28H41ClN4O2/c1-5-33(23-11-9-21(10-12-23)8-6-7-13-30)26-16-22(29)15-24(20(26)4)27(34)31-17-25-18(2)14-19(3)32-28(25)35/h14-16,21,23H,5-13,17,30H2,1-4H3,(H,31,34)(H,32,35)/t21-,23-. The molecular weight excluding hydrogens is 460 g/mol. The van der Waals surface area contributed by atoms with Gasteiger partial charge in [0.25, 0.3) is 11.5 Å². The van der Waals surface area contributed by atoms with Gasteiger partial charge in [-0.2, -0.15) is 0 Å². The number of nitrogens with zero attached hydrogens (tertiary/aromatic N) is 1. The Morgan fingerprint density at radius 1 is 1.14 bits per heavy atom. The molecular formula is C28H41ClN4O2. The molecule has 35 heavy (non-hydrogen) atoms. The molecule has 1 aromatic carbocycles. The molecule has 1 aliphatic carbocycles. The van der Waals surface area contributed by atoms with Gasteiger partial charge in [-0.25, -0.2) is 0 Å². The zero-order valence-electron chi connectivity index (χ0n) is 21.7. The number of nitrogens with one attached hydrogen (secondary N) is 2. The van der Waals surface area contributed by atoms with Gasteiger partial charge < -0.3 is 20.9 Å². The van der Waals surface area contributed by atoms with E-state index in [0.29, 0.717) is 22.2 Å². The number of halogens is 1. The summed E-state index contributed by atoms with van der Waals surface area (Å²) in [6.07, 6.45) is 8.41. The first-order valence-electron chi connectivity index (χ1n) is 13.0. The Kier molecular flexibility index (Phi) is 9.81. The number of anilines is 1. The van der Waals surface area contributed by atoms with Crippen molar-refractivity contribution in [2.75, 3.05) is 18.0 Å². The molecule has 0 aliphatic heterocycles. The van der Waals surface area contributed by atoms with Crippen LogP contribution in [-0.4, -0.2) is 30.0 Å². The van der Waals surface area contributed by atoms with Crippen LogP contribution < -0.4 is 21.5 Å². The van der Waals surface area contributed by atoms with Crippen LogP contribution in [0.1, 0.15) is 84.6 Å². The first-order chi connectivity index (χ1) is 16.7. The van der Waals surface area contributed by atoms with E-state index in [9.17, 15) is 9.59 Å². The number of aryl methyl sites for hydroxylation is 2. The molecule has 0 spiro atoms. The predicted octanol–water partition coefficient (Wildman–Crippen LogP) is 5.40. The van der Waals surface area contributed by atoms with Gasteiger partial charge in [-0.1, -0.05) is 24.4 Å². The Morgan fingerprint density at radius 3 is 2.49 bits per heavy atom. The highest BCUT2D eigenvalue weighted by molar-refractivity contribution is 6.31. The molecule has 0 unspecified atom stereocenters. The molecule has 0 radical (unpaired) electrons. The third-order valence-electron chi connectivity index (χ3n) is 7.48. The summed E-state index contributed by atoms with van der Waals surface area (Å²) < 4.78 is 0. The Balaban J connectivity index is 1.74. The van der Waals surface area contributed by atoms with Crippen LogP contribution in [0.25, 0.3) is 0 Å². The summed E-state index contributed by atoms with van der Waals surface area (Å²) in [4.78, 5) is 30.8.